The summed E-state index contributed by atoms with van der Waals surface area (Å²) >= 11 is 0. The van der Waals surface area contributed by atoms with Crippen molar-refractivity contribution in [3.8, 4) is 16.9 Å². The fourth-order valence-electron chi connectivity index (χ4n) is 4.14. The number of hydrogen-bond donors (Lipinski definition) is 0. The molecule has 2 aromatic carbocycles. The van der Waals surface area contributed by atoms with Crippen molar-refractivity contribution in [1.29, 1.82) is 0 Å². The first kappa shape index (κ1) is 20.8. The lowest BCUT2D eigenvalue weighted by Crippen LogP contribution is -2.30. The van der Waals surface area contributed by atoms with E-state index < -0.39 is 5.97 Å². The highest BCUT2D eigenvalue weighted by molar-refractivity contribution is 5.95. The van der Waals surface area contributed by atoms with E-state index in [9.17, 15) is 9.59 Å². The number of ether oxygens (including phenoxy) is 1. The molecule has 1 heterocycles. The number of benzene rings is 2. The molecule has 0 N–H and O–H groups in total. The van der Waals surface area contributed by atoms with Crippen LogP contribution in [-0.2, 0) is 11.2 Å². The summed E-state index contributed by atoms with van der Waals surface area (Å²) in [6.45, 7) is 6.96. The second-order valence-electron chi connectivity index (χ2n) is 8.27. The van der Waals surface area contributed by atoms with Crippen LogP contribution in [-0.4, -0.2) is 46.8 Å². The third kappa shape index (κ3) is 3.85. The van der Waals surface area contributed by atoms with Gasteiger partial charge in [0.1, 0.15) is 0 Å². The zero-order valence-electron chi connectivity index (χ0n) is 18.4. The molecule has 0 radical (unpaired) electrons. The van der Waals surface area contributed by atoms with Gasteiger partial charge in [0.2, 0.25) is 0 Å². The number of hydrogen-bond acceptors (Lipinski definition) is 4. The van der Waals surface area contributed by atoms with Crippen LogP contribution in [0, 0.1) is 5.92 Å². The van der Waals surface area contributed by atoms with Crippen LogP contribution in [0.15, 0.2) is 48.5 Å². The summed E-state index contributed by atoms with van der Waals surface area (Å²) in [7, 11) is 1.82. The van der Waals surface area contributed by atoms with Crippen LogP contribution in [0.1, 0.15) is 52.7 Å². The Kier molecular flexibility index (Phi) is 5.63. The molecule has 1 aliphatic carbocycles. The standard InChI is InChI=1S/C25H27N3O3/c1-5-31-25(30)22-21-14-18-8-6-7-9-20(18)23(21)28(26-22)19-12-10-17(11-13-19)24(29)27(4)15-16(2)3/h6-13,16H,5,14-15H2,1-4H3. The van der Waals surface area contributed by atoms with Crippen molar-refractivity contribution in [1.82, 2.24) is 14.7 Å². The van der Waals surface area contributed by atoms with Gasteiger partial charge in [0.25, 0.3) is 5.91 Å². The Morgan fingerprint density at radius 2 is 1.84 bits per heavy atom. The molecule has 1 aliphatic rings. The monoisotopic (exact) mass is 417 g/mol. The summed E-state index contributed by atoms with van der Waals surface area (Å²) in [5, 5.41) is 4.62. The summed E-state index contributed by atoms with van der Waals surface area (Å²) in [6.07, 6.45) is 0.649. The van der Waals surface area contributed by atoms with E-state index in [0.717, 1.165) is 28.1 Å². The Morgan fingerprint density at radius 3 is 2.52 bits per heavy atom. The van der Waals surface area contributed by atoms with Crippen LogP contribution >= 0.6 is 0 Å². The molecule has 0 saturated heterocycles. The van der Waals surface area contributed by atoms with E-state index in [2.05, 4.69) is 25.0 Å². The molecule has 0 atom stereocenters. The van der Waals surface area contributed by atoms with Gasteiger partial charge in [-0.15, -0.1) is 0 Å². The minimum atomic E-state index is -0.410. The minimum absolute atomic E-state index is 0.0106. The molecule has 6 nitrogen and oxygen atoms in total. The maximum absolute atomic E-state index is 12.7. The minimum Gasteiger partial charge on any atom is -0.461 e. The summed E-state index contributed by atoms with van der Waals surface area (Å²) in [6, 6.07) is 15.5. The van der Waals surface area contributed by atoms with Crippen molar-refractivity contribution in [3.63, 3.8) is 0 Å². The van der Waals surface area contributed by atoms with E-state index >= 15 is 0 Å². The second kappa shape index (κ2) is 8.38. The first-order valence-electron chi connectivity index (χ1n) is 10.6. The Bertz CT molecular complexity index is 1130. The van der Waals surface area contributed by atoms with Crippen LogP contribution in [0.5, 0.6) is 0 Å². The molecule has 4 rings (SSSR count). The largest absolute Gasteiger partial charge is 0.461 e. The normalized spacial score (nSPS) is 11.9. The Balaban J connectivity index is 1.73. The third-order valence-corrected chi connectivity index (χ3v) is 5.44. The van der Waals surface area contributed by atoms with Gasteiger partial charge in [-0.3, -0.25) is 4.79 Å². The van der Waals surface area contributed by atoms with Gasteiger partial charge in [0.15, 0.2) is 5.69 Å². The Hall–Kier alpha value is -3.41. The highest BCUT2D eigenvalue weighted by atomic mass is 16.5. The molecule has 1 aromatic heterocycles. The van der Waals surface area contributed by atoms with Gasteiger partial charge in [0.05, 0.1) is 18.0 Å². The summed E-state index contributed by atoms with van der Waals surface area (Å²) in [5.74, 6) is -0.0165. The van der Waals surface area contributed by atoms with Crippen molar-refractivity contribution < 1.29 is 14.3 Å². The number of amides is 1. The van der Waals surface area contributed by atoms with E-state index in [1.807, 2.05) is 49.5 Å². The fourth-order valence-corrected chi connectivity index (χ4v) is 4.14. The number of carbonyl (C=O) groups is 2. The lowest BCUT2D eigenvalue weighted by atomic mass is 10.1. The number of fused-ring (bicyclic) bond motifs is 3. The molecule has 0 spiro atoms. The van der Waals surface area contributed by atoms with E-state index in [1.165, 1.54) is 0 Å². The Labute approximate surface area is 182 Å². The average molecular weight is 418 g/mol. The van der Waals surface area contributed by atoms with Crippen molar-refractivity contribution in [2.45, 2.75) is 27.2 Å². The summed E-state index contributed by atoms with van der Waals surface area (Å²) < 4.78 is 7.04. The zero-order valence-corrected chi connectivity index (χ0v) is 18.4. The first-order chi connectivity index (χ1) is 14.9. The van der Waals surface area contributed by atoms with E-state index in [-0.39, 0.29) is 5.91 Å². The number of aromatic nitrogens is 2. The zero-order chi connectivity index (χ0) is 22.1. The molecule has 0 aliphatic heterocycles. The van der Waals surface area contributed by atoms with Crippen LogP contribution in [0.2, 0.25) is 0 Å². The van der Waals surface area contributed by atoms with Crippen LogP contribution < -0.4 is 0 Å². The van der Waals surface area contributed by atoms with Gasteiger partial charge in [0, 0.05) is 36.7 Å². The lowest BCUT2D eigenvalue weighted by Gasteiger charge is -2.19. The van der Waals surface area contributed by atoms with Crippen LogP contribution in [0.25, 0.3) is 16.9 Å². The predicted molar refractivity (Wildman–Crippen MR) is 120 cm³/mol. The number of nitrogens with zero attached hydrogens (tertiary/aromatic N) is 3. The summed E-state index contributed by atoms with van der Waals surface area (Å²) in [5.41, 5.74) is 5.80. The first-order valence-corrected chi connectivity index (χ1v) is 10.6. The predicted octanol–water partition coefficient (Wildman–Crippen LogP) is 4.35. The van der Waals surface area contributed by atoms with Gasteiger partial charge < -0.3 is 9.64 Å². The molecule has 31 heavy (non-hydrogen) atoms. The molecule has 6 heteroatoms. The fraction of sp³-hybridized carbons (Fsp3) is 0.320. The summed E-state index contributed by atoms with van der Waals surface area (Å²) in [4.78, 5) is 27.0. The van der Waals surface area contributed by atoms with Crippen molar-refractivity contribution in [2.24, 2.45) is 5.92 Å². The topological polar surface area (TPSA) is 64.4 Å². The second-order valence-corrected chi connectivity index (χ2v) is 8.27. The average Bonchev–Trinajstić information content (AvgIpc) is 3.30. The van der Waals surface area contributed by atoms with Crippen LogP contribution in [0.4, 0.5) is 0 Å². The SMILES string of the molecule is CCOC(=O)c1nn(-c2ccc(C(=O)N(C)CC(C)C)cc2)c2c1Cc1ccccc1-2. The van der Waals surface area contributed by atoms with E-state index in [4.69, 9.17) is 4.74 Å². The molecular weight excluding hydrogens is 390 g/mol. The molecule has 3 aromatic rings. The highest BCUT2D eigenvalue weighted by Crippen LogP contribution is 2.39. The molecule has 0 saturated carbocycles. The number of carbonyl (C=O) groups excluding carboxylic acids is 2. The van der Waals surface area contributed by atoms with Crippen molar-refractivity contribution >= 4 is 11.9 Å². The van der Waals surface area contributed by atoms with E-state index in [0.29, 0.717) is 36.7 Å². The van der Waals surface area contributed by atoms with Crippen LogP contribution in [0.3, 0.4) is 0 Å². The van der Waals surface area contributed by atoms with Gasteiger partial charge in [-0.2, -0.15) is 5.10 Å². The molecule has 0 fully saturated rings. The maximum Gasteiger partial charge on any atom is 0.359 e. The molecule has 0 bridgehead atoms. The molecular formula is C25H27N3O3. The Morgan fingerprint density at radius 1 is 1.13 bits per heavy atom. The molecule has 160 valence electrons. The lowest BCUT2D eigenvalue weighted by molar-refractivity contribution is 0.0517. The maximum atomic E-state index is 12.7. The number of rotatable bonds is 6. The molecule has 1 amide bonds. The van der Waals surface area contributed by atoms with Gasteiger partial charge in [-0.1, -0.05) is 38.1 Å². The third-order valence-electron chi connectivity index (χ3n) is 5.44. The number of esters is 1. The highest BCUT2D eigenvalue weighted by Gasteiger charge is 2.31. The quantitative estimate of drug-likeness (QED) is 0.438. The van der Waals surface area contributed by atoms with Crippen molar-refractivity contribution in [3.05, 3.63) is 70.9 Å². The molecule has 0 unspecified atom stereocenters. The van der Waals surface area contributed by atoms with Crippen molar-refractivity contribution in [2.75, 3.05) is 20.2 Å². The van der Waals surface area contributed by atoms with Gasteiger partial charge in [-0.05, 0) is 42.7 Å². The smallest absolute Gasteiger partial charge is 0.359 e. The van der Waals surface area contributed by atoms with Gasteiger partial charge >= 0.3 is 5.97 Å². The van der Waals surface area contributed by atoms with Gasteiger partial charge in [-0.25, -0.2) is 9.48 Å². The van der Waals surface area contributed by atoms with E-state index in [1.54, 1.807) is 16.5 Å².